The number of nitrogens with zero attached hydrogens (tertiary/aromatic N) is 2. The summed E-state index contributed by atoms with van der Waals surface area (Å²) in [4.78, 5) is 28.1. The zero-order valence-corrected chi connectivity index (χ0v) is 24.2. The van der Waals surface area contributed by atoms with Crippen LogP contribution in [0.15, 0.2) is 77.7 Å². The lowest BCUT2D eigenvalue weighted by Crippen LogP contribution is -2.54. The summed E-state index contributed by atoms with van der Waals surface area (Å²) in [5, 5.41) is 2.96. The summed E-state index contributed by atoms with van der Waals surface area (Å²) in [6.07, 6.45) is 0. The third-order valence-electron chi connectivity index (χ3n) is 5.97. The molecule has 0 heterocycles. The summed E-state index contributed by atoms with van der Waals surface area (Å²) in [6.45, 7) is 7.84. The number of hydrogen-bond donors (Lipinski definition) is 1. The molecule has 0 bridgehead atoms. The van der Waals surface area contributed by atoms with Crippen LogP contribution in [0.25, 0.3) is 0 Å². The number of carbonyl (C=O) groups excluding carboxylic acids is 2. The molecule has 2 amide bonds. The minimum atomic E-state index is -4.25. The fourth-order valence-electron chi connectivity index (χ4n) is 3.87. The lowest BCUT2D eigenvalue weighted by molar-refractivity contribution is -0.140. The highest BCUT2D eigenvalue weighted by molar-refractivity contribution is 7.92. The van der Waals surface area contributed by atoms with Gasteiger partial charge in [0.25, 0.3) is 10.0 Å². The number of aryl methyl sites for hydroxylation is 1. The number of benzene rings is 3. The number of sulfonamides is 1. The number of halogens is 2. The number of anilines is 1. The summed E-state index contributed by atoms with van der Waals surface area (Å²) < 4.78 is 43.2. The van der Waals surface area contributed by atoms with E-state index >= 15 is 0 Å². The van der Waals surface area contributed by atoms with E-state index in [2.05, 4.69) is 5.32 Å². The minimum absolute atomic E-state index is 0.0278. The van der Waals surface area contributed by atoms with Gasteiger partial charge in [0.15, 0.2) is 0 Å². The summed E-state index contributed by atoms with van der Waals surface area (Å²) in [7, 11) is -4.25. The molecule has 3 aromatic carbocycles. The Labute approximate surface area is 234 Å². The minimum Gasteiger partial charge on any atom is -0.350 e. The second-order valence-electron chi connectivity index (χ2n) is 10.3. The molecule has 1 atom stereocenters. The van der Waals surface area contributed by atoms with E-state index in [1.807, 2.05) is 6.92 Å². The molecule has 10 heteroatoms. The Balaban J connectivity index is 2.06. The second kappa shape index (κ2) is 12.2. The first kappa shape index (κ1) is 30.1. The van der Waals surface area contributed by atoms with E-state index in [1.54, 1.807) is 51.1 Å². The smallest absolute Gasteiger partial charge is 0.264 e. The van der Waals surface area contributed by atoms with Gasteiger partial charge < -0.3 is 10.2 Å². The van der Waals surface area contributed by atoms with E-state index < -0.39 is 45.8 Å². The van der Waals surface area contributed by atoms with Crippen LogP contribution in [0.5, 0.6) is 0 Å². The van der Waals surface area contributed by atoms with Gasteiger partial charge in [-0.15, -0.1) is 0 Å². The number of carbonyl (C=O) groups is 2. The van der Waals surface area contributed by atoms with Crippen LogP contribution in [0, 0.1) is 12.7 Å². The Morgan fingerprint density at radius 1 is 0.974 bits per heavy atom. The first-order valence-electron chi connectivity index (χ1n) is 12.4. The Hall–Kier alpha value is -3.43. The first-order chi connectivity index (χ1) is 18.2. The van der Waals surface area contributed by atoms with Gasteiger partial charge in [0.05, 0.1) is 15.6 Å². The Morgan fingerprint density at radius 2 is 1.56 bits per heavy atom. The first-order valence-corrected chi connectivity index (χ1v) is 14.2. The fourth-order valence-corrected chi connectivity index (χ4v) is 5.59. The van der Waals surface area contributed by atoms with E-state index in [4.69, 9.17) is 11.6 Å². The molecular formula is C29H33ClFN3O4S. The molecule has 0 saturated carbocycles. The quantitative estimate of drug-likeness (QED) is 0.376. The number of amides is 2. The van der Waals surface area contributed by atoms with Gasteiger partial charge in [-0.25, -0.2) is 12.8 Å². The monoisotopic (exact) mass is 573 g/mol. The van der Waals surface area contributed by atoms with Crippen LogP contribution in [0.3, 0.4) is 0 Å². The van der Waals surface area contributed by atoms with Crippen LogP contribution in [-0.4, -0.2) is 43.3 Å². The van der Waals surface area contributed by atoms with E-state index in [9.17, 15) is 22.4 Å². The fraction of sp³-hybridized carbons (Fsp3) is 0.310. The topological polar surface area (TPSA) is 86.8 Å². The van der Waals surface area contributed by atoms with Crippen LogP contribution >= 0.6 is 11.6 Å². The Bertz CT molecular complexity index is 1440. The van der Waals surface area contributed by atoms with Crippen molar-refractivity contribution in [3.8, 4) is 0 Å². The van der Waals surface area contributed by atoms with E-state index in [0.717, 1.165) is 9.87 Å². The van der Waals surface area contributed by atoms with Crippen molar-refractivity contribution in [2.45, 2.75) is 57.6 Å². The van der Waals surface area contributed by atoms with Gasteiger partial charge in [-0.3, -0.25) is 13.9 Å². The third-order valence-corrected chi connectivity index (χ3v) is 8.07. The molecule has 0 aliphatic rings. The van der Waals surface area contributed by atoms with Gasteiger partial charge in [-0.05, 0) is 65.0 Å². The predicted octanol–water partition coefficient (Wildman–Crippen LogP) is 5.31. The van der Waals surface area contributed by atoms with Gasteiger partial charge in [-0.2, -0.15) is 0 Å². The molecule has 0 aliphatic carbocycles. The van der Waals surface area contributed by atoms with Crippen LogP contribution in [-0.2, 0) is 26.2 Å². The molecule has 0 spiro atoms. The van der Waals surface area contributed by atoms with Crippen molar-refractivity contribution in [3.63, 3.8) is 0 Å². The summed E-state index contributed by atoms with van der Waals surface area (Å²) in [6, 6.07) is 17.4. The largest absolute Gasteiger partial charge is 0.350 e. The van der Waals surface area contributed by atoms with Gasteiger partial charge in [0.1, 0.15) is 18.4 Å². The average molecular weight is 574 g/mol. The van der Waals surface area contributed by atoms with Crippen LogP contribution < -0.4 is 9.62 Å². The van der Waals surface area contributed by atoms with Crippen molar-refractivity contribution in [2.75, 3.05) is 10.8 Å². The van der Waals surface area contributed by atoms with Gasteiger partial charge in [0.2, 0.25) is 11.8 Å². The number of hydrogen-bond acceptors (Lipinski definition) is 4. The molecule has 0 radical (unpaired) electrons. The molecule has 0 fully saturated rings. The predicted molar refractivity (Wildman–Crippen MR) is 151 cm³/mol. The summed E-state index contributed by atoms with van der Waals surface area (Å²) >= 11 is 6.39. The van der Waals surface area contributed by atoms with Gasteiger partial charge in [-0.1, -0.05) is 59.6 Å². The number of para-hydroxylation sites is 1. The molecular weight excluding hydrogens is 541 g/mol. The molecule has 208 valence electrons. The van der Waals surface area contributed by atoms with Gasteiger partial charge in [0, 0.05) is 17.6 Å². The molecule has 1 N–H and O–H groups in total. The van der Waals surface area contributed by atoms with Crippen molar-refractivity contribution in [3.05, 3.63) is 94.8 Å². The highest BCUT2D eigenvalue weighted by Gasteiger charge is 2.34. The third kappa shape index (κ3) is 7.58. The van der Waals surface area contributed by atoms with Gasteiger partial charge >= 0.3 is 0 Å². The van der Waals surface area contributed by atoms with E-state index in [-0.39, 0.29) is 27.7 Å². The SMILES string of the molecule is Cc1ccc(S(=O)(=O)N(CC(=O)N(Cc2ccccc2F)[C@H](C)C(=O)NC(C)(C)C)c2ccccc2Cl)cc1. The van der Waals surface area contributed by atoms with E-state index in [0.29, 0.717) is 0 Å². The maximum atomic E-state index is 14.6. The standard InChI is InChI=1S/C29H33ClFN3O4S/c1-20-14-16-23(17-15-20)39(37,38)34(26-13-9-7-11-24(26)30)19-27(35)33(18-22-10-6-8-12-25(22)31)21(2)28(36)32-29(3,4)5/h6-17,21H,18-19H2,1-5H3,(H,32,36)/t21-/m1/s1. The normalized spacial score (nSPS) is 12.5. The maximum absolute atomic E-state index is 14.6. The number of rotatable bonds is 9. The molecule has 0 aromatic heterocycles. The molecule has 39 heavy (non-hydrogen) atoms. The summed E-state index contributed by atoms with van der Waals surface area (Å²) in [5.74, 6) is -1.71. The lowest BCUT2D eigenvalue weighted by Gasteiger charge is -2.33. The van der Waals surface area contributed by atoms with Crippen molar-refractivity contribution in [2.24, 2.45) is 0 Å². The second-order valence-corrected chi connectivity index (χ2v) is 12.6. The molecule has 0 aliphatic heterocycles. The lowest BCUT2D eigenvalue weighted by atomic mass is 10.1. The van der Waals surface area contributed by atoms with Crippen LogP contribution in [0.4, 0.5) is 10.1 Å². The zero-order valence-electron chi connectivity index (χ0n) is 22.6. The molecule has 0 saturated heterocycles. The van der Waals surface area contributed by atoms with Crippen molar-refractivity contribution in [1.29, 1.82) is 0 Å². The highest BCUT2D eigenvalue weighted by Crippen LogP contribution is 2.31. The highest BCUT2D eigenvalue weighted by atomic mass is 35.5. The molecule has 3 rings (SSSR count). The van der Waals surface area contributed by atoms with Crippen LogP contribution in [0.1, 0.15) is 38.8 Å². The average Bonchev–Trinajstić information content (AvgIpc) is 2.86. The molecule has 7 nitrogen and oxygen atoms in total. The zero-order chi connectivity index (χ0) is 29.0. The Morgan fingerprint density at radius 3 is 2.15 bits per heavy atom. The van der Waals surface area contributed by atoms with Crippen molar-refractivity contribution >= 4 is 39.1 Å². The van der Waals surface area contributed by atoms with Crippen LogP contribution in [0.2, 0.25) is 5.02 Å². The number of nitrogens with one attached hydrogen (secondary N) is 1. The van der Waals surface area contributed by atoms with Crippen molar-refractivity contribution < 1.29 is 22.4 Å². The Kier molecular flexibility index (Phi) is 9.40. The summed E-state index contributed by atoms with van der Waals surface area (Å²) in [5.41, 5.74) is 0.568. The molecule has 3 aromatic rings. The van der Waals surface area contributed by atoms with E-state index in [1.165, 1.54) is 54.3 Å². The molecule has 0 unspecified atom stereocenters. The maximum Gasteiger partial charge on any atom is 0.264 e. The van der Waals surface area contributed by atoms with Crippen molar-refractivity contribution in [1.82, 2.24) is 10.2 Å².